The lowest BCUT2D eigenvalue weighted by atomic mass is 10.0. The van der Waals surface area contributed by atoms with E-state index in [0.29, 0.717) is 11.3 Å². The number of ether oxygens (including phenoxy) is 1. The standard InChI is InChI=1S/C16H23NO5/c1-10(2)8-13(18)15(19)17-12(16(20)21)9-11-6-4-5-7-14(11)22-3/h4-7,10,12-13,18H,8-9H2,1-3H3,(H,17,19)(H,20,21)/t12-,13+/m0/s1. The fourth-order valence-corrected chi connectivity index (χ4v) is 2.11. The predicted octanol–water partition coefficient (Wildman–Crippen LogP) is 1.21. The zero-order chi connectivity index (χ0) is 16.7. The summed E-state index contributed by atoms with van der Waals surface area (Å²) in [7, 11) is 1.50. The minimum Gasteiger partial charge on any atom is -0.496 e. The number of para-hydroxylation sites is 1. The Bertz CT molecular complexity index is 515. The topological polar surface area (TPSA) is 95.9 Å². The smallest absolute Gasteiger partial charge is 0.326 e. The molecule has 1 amide bonds. The van der Waals surface area contributed by atoms with Crippen LogP contribution < -0.4 is 10.1 Å². The Morgan fingerprint density at radius 1 is 1.27 bits per heavy atom. The van der Waals surface area contributed by atoms with Gasteiger partial charge in [0.15, 0.2) is 0 Å². The third-order valence-electron chi connectivity index (χ3n) is 3.23. The molecule has 0 fully saturated rings. The van der Waals surface area contributed by atoms with E-state index >= 15 is 0 Å². The van der Waals surface area contributed by atoms with Gasteiger partial charge in [-0.1, -0.05) is 32.0 Å². The minimum atomic E-state index is -1.21. The lowest BCUT2D eigenvalue weighted by Gasteiger charge is -2.19. The van der Waals surface area contributed by atoms with Crippen LogP contribution in [0.3, 0.4) is 0 Å². The molecule has 0 saturated carbocycles. The number of aliphatic carboxylic acids is 1. The summed E-state index contributed by atoms with van der Waals surface area (Å²) in [5, 5.41) is 21.4. The molecule has 6 nitrogen and oxygen atoms in total. The molecule has 0 aliphatic heterocycles. The molecular formula is C16H23NO5. The number of carbonyl (C=O) groups excluding carboxylic acids is 1. The molecule has 122 valence electrons. The Balaban J connectivity index is 2.78. The average molecular weight is 309 g/mol. The summed E-state index contributed by atoms with van der Waals surface area (Å²) in [4.78, 5) is 23.2. The maximum absolute atomic E-state index is 11.9. The van der Waals surface area contributed by atoms with Gasteiger partial charge in [-0.25, -0.2) is 4.79 Å². The van der Waals surface area contributed by atoms with Crippen LogP contribution in [0.25, 0.3) is 0 Å². The van der Waals surface area contributed by atoms with Crippen molar-refractivity contribution in [2.45, 2.75) is 38.8 Å². The van der Waals surface area contributed by atoms with E-state index in [1.165, 1.54) is 7.11 Å². The van der Waals surface area contributed by atoms with Crippen LogP contribution in [0, 0.1) is 5.92 Å². The van der Waals surface area contributed by atoms with Crippen molar-refractivity contribution in [1.82, 2.24) is 5.32 Å². The normalized spacial score (nSPS) is 13.5. The molecule has 0 unspecified atom stereocenters. The molecule has 0 radical (unpaired) electrons. The molecule has 0 aliphatic rings. The molecule has 0 aliphatic carbocycles. The zero-order valence-corrected chi connectivity index (χ0v) is 13.1. The first-order valence-electron chi connectivity index (χ1n) is 7.18. The van der Waals surface area contributed by atoms with E-state index in [2.05, 4.69) is 5.32 Å². The summed E-state index contributed by atoms with van der Waals surface area (Å²) in [6.45, 7) is 3.75. The minimum absolute atomic E-state index is 0.0828. The number of benzene rings is 1. The number of aliphatic hydroxyl groups excluding tert-OH is 1. The van der Waals surface area contributed by atoms with Crippen LogP contribution in [0.5, 0.6) is 5.75 Å². The largest absolute Gasteiger partial charge is 0.496 e. The van der Waals surface area contributed by atoms with Crippen molar-refractivity contribution in [2.75, 3.05) is 7.11 Å². The number of aliphatic hydroxyl groups is 1. The first-order valence-corrected chi connectivity index (χ1v) is 7.18. The quantitative estimate of drug-likeness (QED) is 0.671. The third kappa shape index (κ3) is 5.37. The van der Waals surface area contributed by atoms with E-state index < -0.39 is 24.0 Å². The van der Waals surface area contributed by atoms with E-state index in [1.807, 2.05) is 13.8 Å². The zero-order valence-electron chi connectivity index (χ0n) is 13.1. The van der Waals surface area contributed by atoms with Gasteiger partial charge in [0, 0.05) is 6.42 Å². The molecule has 6 heteroatoms. The first kappa shape index (κ1) is 18.0. The summed E-state index contributed by atoms with van der Waals surface area (Å²) in [5.74, 6) is -1.13. The number of carboxylic acid groups (broad SMARTS) is 1. The molecule has 1 aromatic rings. The van der Waals surface area contributed by atoms with E-state index in [1.54, 1.807) is 24.3 Å². The summed E-state index contributed by atoms with van der Waals surface area (Å²) < 4.78 is 5.18. The number of carboxylic acids is 1. The van der Waals surface area contributed by atoms with Crippen LogP contribution in [0.4, 0.5) is 0 Å². The Kier molecular flexibility index (Phi) is 6.85. The first-order chi connectivity index (χ1) is 10.3. The number of carbonyl (C=O) groups is 2. The number of rotatable bonds is 8. The van der Waals surface area contributed by atoms with E-state index in [4.69, 9.17) is 4.74 Å². The second kappa shape index (κ2) is 8.38. The lowest BCUT2D eigenvalue weighted by Crippen LogP contribution is -2.47. The fourth-order valence-electron chi connectivity index (χ4n) is 2.11. The van der Waals surface area contributed by atoms with E-state index in [0.717, 1.165) is 0 Å². The van der Waals surface area contributed by atoms with Gasteiger partial charge < -0.3 is 20.3 Å². The Hall–Kier alpha value is -2.08. The maximum Gasteiger partial charge on any atom is 0.326 e. The van der Waals surface area contributed by atoms with Crippen molar-refractivity contribution >= 4 is 11.9 Å². The van der Waals surface area contributed by atoms with Crippen LogP contribution in [0.15, 0.2) is 24.3 Å². The SMILES string of the molecule is COc1ccccc1C[C@H](NC(=O)[C@H](O)CC(C)C)C(=O)O. The molecule has 1 rings (SSSR count). The van der Waals surface area contributed by atoms with Crippen molar-refractivity contribution < 1.29 is 24.5 Å². The van der Waals surface area contributed by atoms with Gasteiger partial charge in [0.1, 0.15) is 17.9 Å². The highest BCUT2D eigenvalue weighted by atomic mass is 16.5. The van der Waals surface area contributed by atoms with Gasteiger partial charge in [-0.15, -0.1) is 0 Å². The van der Waals surface area contributed by atoms with Crippen LogP contribution in [0.2, 0.25) is 0 Å². The Labute approximate surface area is 130 Å². The number of amides is 1. The molecular weight excluding hydrogens is 286 g/mol. The fraction of sp³-hybridized carbons (Fsp3) is 0.500. The van der Waals surface area contributed by atoms with Crippen LogP contribution in [-0.2, 0) is 16.0 Å². The second-order valence-electron chi connectivity index (χ2n) is 5.56. The van der Waals surface area contributed by atoms with Gasteiger partial charge in [-0.2, -0.15) is 0 Å². The number of nitrogens with one attached hydrogen (secondary N) is 1. The van der Waals surface area contributed by atoms with Gasteiger partial charge >= 0.3 is 5.97 Å². The molecule has 1 aromatic carbocycles. The Morgan fingerprint density at radius 3 is 2.45 bits per heavy atom. The van der Waals surface area contributed by atoms with Gasteiger partial charge in [0.2, 0.25) is 5.91 Å². The highest BCUT2D eigenvalue weighted by molar-refractivity contribution is 5.86. The van der Waals surface area contributed by atoms with Crippen molar-refractivity contribution in [2.24, 2.45) is 5.92 Å². The molecule has 0 bridgehead atoms. The molecule has 0 saturated heterocycles. The van der Waals surface area contributed by atoms with Crippen molar-refractivity contribution in [3.8, 4) is 5.75 Å². The average Bonchev–Trinajstić information content (AvgIpc) is 2.46. The molecule has 2 atom stereocenters. The van der Waals surface area contributed by atoms with Crippen LogP contribution in [-0.4, -0.2) is 41.3 Å². The molecule has 22 heavy (non-hydrogen) atoms. The maximum atomic E-state index is 11.9. The molecule has 0 spiro atoms. The van der Waals surface area contributed by atoms with Gasteiger partial charge in [0.05, 0.1) is 7.11 Å². The summed E-state index contributed by atoms with van der Waals surface area (Å²) in [5.41, 5.74) is 0.677. The van der Waals surface area contributed by atoms with E-state index in [-0.39, 0.29) is 18.8 Å². The lowest BCUT2D eigenvalue weighted by molar-refractivity contribution is -0.143. The van der Waals surface area contributed by atoms with Crippen molar-refractivity contribution in [3.63, 3.8) is 0 Å². The monoisotopic (exact) mass is 309 g/mol. The number of hydrogen-bond acceptors (Lipinski definition) is 4. The number of hydrogen-bond donors (Lipinski definition) is 3. The van der Waals surface area contributed by atoms with Gasteiger partial charge in [0.25, 0.3) is 0 Å². The summed E-state index contributed by atoms with van der Waals surface area (Å²) in [6.07, 6.45) is -0.841. The second-order valence-corrected chi connectivity index (χ2v) is 5.56. The van der Waals surface area contributed by atoms with Crippen LogP contribution >= 0.6 is 0 Å². The van der Waals surface area contributed by atoms with E-state index in [9.17, 15) is 19.8 Å². The highest BCUT2D eigenvalue weighted by Gasteiger charge is 2.25. The molecule has 3 N–H and O–H groups in total. The Morgan fingerprint density at radius 2 is 1.91 bits per heavy atom. The van der Waals surface area contributed by atoms with Crippen molar-refractivity contribution in [1.29, 1.82) is 0 Å². The predicted molar refractivity (Wildman–Crippen MR) is 81.7 cm³/mol. The summed E-state index contributed by atoms with van der Waals surface area (Å²) >= 11 is 0. The van der Waals surface area contributed by atoms with Crippen molar-refractivity contribution in [3.05, 3.63) is 29.8 Å². The number of methoxy groups -OCH3 is 1. The molecule has 0 aromatic heterocycles. The summed E-state index contributed by atoms with van der Waals surface area (Å²) in [6, 6.07) is 5.90. The highest BCUT2D eigenvalue weighted by Crippen LogP contribution is 2.19. The van der Waals surface area contributed by atoms with Crippen LogP contribution in [0.1, 0.15) is 25.8 Å². The van der Waals surface area contributed by atoms with Gasteiger partial charge in [-0.3, -0.25) is 4.79 Å². The van der Waals surface area contributed by atoms with Gasteiger partial charge in [-0.05, 0) is 24.0 Å². The third-order valence-corrected chi connectivity index (χ3v) is 3.23. The molecule has 0 heterocycles.